The molecule has 1 saturated carbocycles. The average Bonchev–Trinajstić information content (AvgIpc) is 2.67. The molecule has 0 N–H and O–H groups in total. The molecule has 0 bridgehead atoms. The highest BCUT2D eigenvalue weighted by atomic mass is 16.5. The van der Waals surface area contributed by atoms with E-state index in [1.54, 1.807) is 18.5 Å². The van der Waals surface area contributed by atoms with Crippen LogP contribution < -0.4 is 4.74 Å². The molecule has 0 aromatic carbocycles. The molecule has 3 rings (SSSR count). The minimum absolute atomic E-state index is 0.0148. The molecule has 0 radical (unpaired) electrons. The zero-order chi connectivity index (χ0) is 17.5. The van der Waals surface area contributed by atoms with Gasteiger partial charge in [-0.25, -0.2) is 9.97 Å². The van der Waals surface area contributed by atoms with Crippen LogP contribution in [0.5, 0.6) is 6.01 Å². The summed E-state index contributed by atoms with van der Waals surface area (Å²) in [7, 11) is 0. The van der Waals surface area contributed by atoms with Gasteiger partial charge in [0.1, 0.15) is 6.10 Å². The number of likely N-dealkylation sites (tertiary alicyclic amines) is 1. The molecule has 0 spiro atoms. The van der Waals surface area contributed by atoms with E-state index in [1.807, 2.05) is 4.90 Å². The van der Waals surface area contributed by atoms with Gasteiger partial charge in [-0.3, -0.25) is 4.79 Å². The van der Waals surface area contributed by atoms with E-state index in [0.717, 1.165) is 38.1 Å². The number of ether oxygens (including phenoxy) is 1. The van der Waals surface area contributed by atoms with Crippen molar-refractivity contribution < 1.29 is 9.53 Å². The number of nitrogens with zero attached hydrogens (tertiary/aromatic N) is 3. The van der Waals surface area contributed by atoms with Crippen molar-refractivity contribution in [3.05, 3.63) is 18.5 Å². The van der Waals surface area contributed by atoms with Gasteiger partial charge in [0.05, 0.1) is 6.54 Å². The Kier molecular flexibility index (Phi) is 6.65. The standard InChI is InChI=1S/C20H31N3O2/c1-2-3-6-16-8-10-17(11-9-16)19(24)23-14-4-7-18(15-23)25-20-21-12-5-13-22-20/h5,12-13,16-18H,2-4,6-11,14-15H2,1H3. The molecule has 1 unspecified atom stereocenters. The summed E-state index contributed by atoms with van der Waals surface area (Å²) in [5.41, 5.74) is 0. The van der Waals surface area contributed by atoms with E-state index >= 15 is 0 Å². The van der Waals surface area contributed by atoms with Crippen LogP contribution in [0.1, 0.15) is 64.7 Å². The van der Waals surface area contributed by atoms with Crippen LogP contribution in [-0.2, 0) is 4.79 Å². The van der Waals surface area contributed by atoms with Crippen LogP contribution in [0, 0.1) is 11.8 Å². The lowest BCUT2D eigenvalue weighted by Gasteiger charge is -2.36. The van der Waals surface area contributed by atoms with Crippen molar-refractivity contribution in [2.45, 2.75) is 70.8 Å². The van der Waals surface area contributed by atoms with Crippen molar-refractivity contribution in [2.75, 3.05) is 13.1 Å². The van der Waals surface area contributed by atoms with Gasteiger partial charge in [0.25, 0.3) is 0 Å². The number of amides is 1. The Hall–Kier alpha value is -1.65. The Balaban J connectivity index is 1.47. The molecule has 5 heteroatoms. The summed E-state index contributed by atoms with van der Waals surface area (Å²) in [5, 5.41) is 0. The quantitative estimate of drug-likeness (QED) is 0.786. The molecule has 1 aromatic rings. The average molecular weight is 345 g/mol. The maximum atomic E-state index is 12.9. The van der Waals surface area contributed by atoms with Crippen molar-refractivity contribution in [2.24, 2.45) is 11.8 Å². The lowest BCUT2D eigenvalue weighted by Crippen LogP contribution is -2.47. The van der Waals surface area contributed by atoms with Crippen molar-refractivity contribution >= 4 is 5.91 Å². The van der Waals surface area contributed by atoms with Gasteiger partial charge in [0.2, 0.25) is 5.91 Å². The van der Waals surface area contributed by atoms with E-state index in [2.05, 4.69) is 16.9 Å². The Morgan fingerprint density at radius 1 is 1.20 bits per heavy atom. The molecule has 1 saturated heterocycles. The highest BCUT2D eigenvalue weighted by Gasteiger charge is 2.32. The molecule has 2 fully saturated rings. The molecule has 138 valence electrons. The molecule has 25 heavy (non-hydrogen) atoms. The third-order valence-corrected chi connectivity index (χ3v) is 5.67. The van der Waals surface area contributed by atoms with Crippen LogP contribution in [0.25, 0.3) is 0 Å². The van der Waals surface area contributed by atoms with Gasteiger partial charge in [-0.15, -0.1) is 0 Å². The van der Waals surface area contributed by atoms with Gasteiger partial charge >= 0.3 is 6.01 Å². The van der Waals surface area contributed by atoms with Gasteiger partial charge in [-0.05, 0) is 50.5 Å². The fourth-order valence-corrected chi connectivity index (χ4v) is 4.18. The summed E-state index contributed by atoms with van der Waals surface area (Å²) >= 11 is 0. The van der Waals surface area contributed by atoms with Gasteiger partial charge < -0.3 is 9.64 Å². The van der Waals surface area contributed by atoms with E-state index in [9.17, 15) is 4.79 Å². The first kappa shape index (κ1) is 18.2. The second-order valence-electron chi connectivity index (χ2n) is 7.56. The highest BCUT2D eigenvalue weighted by molar-refractivity contribution is 5.79. The molecule has 1 aliphatic heterocycles. The number of aromatic nitrogens is 2. The lowest BCUT2D eigenvalue weighted by molar-refractivity contribution is -0.139. The zero-order valence-corrected chi connectivity index (χ0v) is 15.4. The maximum absolute atomic E-state index is 12.9. The second kappa shape index (κ2) is 9.16. The van der Waals surface area contributed by atoms with E-state index in [0.29, 0.717) is 18.5 Å². The molecule has 1 amide bonds. The van der Waals surface area contributed by atoms with Crippen molar-refractivity contribution in [3.8, 4) is 6.01 Å². The van der Waals surface area contributed by atoms with Gasteiger partial charge in [-0.1, -0.05) is 26.2 Å². The van der Waals surface area contributed by atoms with E-state index in [4.69, 9.17) is 4.74 Å². The number of carbonyl (C=O) groups excluding carboxylic acids is 1. The second-order valence-corrected chi connectivity index (χ2v) is 7.56. The van der Waals surface area contributed by atoms with Crippen LogP contribution in [0.4, 0.5) is 0 Å². The molecule has 5 nitrogen and oxygen atoms in total. The Labute approximate surface area is 151 Å². The van der Waals surface area contributed by atoms with Crippen LogP contribution in [0.2, 0.25) is 0 Å². The first-order chi connectivity index (χ1) is 12.3. The topological polar surface area (TPSA) is 55.3 Å². The van der Waals surface area contributed by atoms with Crippen LogP contribution in [0.15, 0.2) is 18.5 Å². The number of unbranched alkanes of at least 4 members (excludes halogenated alkanes) is 1. The molecular formula is C20H31N3O2. The van der Waals surface area contributed by atoms with Crippen molar-refractivity contribution in [1.82, 2.24) is 14.9 Å². The molecule has 2 aliphatic rings. The molecule has 1 aliphatic carbocycles. The fourth-order valence-electron chi connectivity index (χ4n) is 4.18. The maximum Gasteiger partial charge on any atom is 0.316 e. The van der Waals surface area contributed by atoms with E-state index < -0.39 is 0 Å². The minimum Gasteiger partial charge on any atom is -0.458 e. The molecule has 2 heterocycles. The summed E-state index contributed by atoms with van der Waals surface area (Å²) in [4.78, 5) is 23.2. The zero-order valence-electron chi connectivity index (χ0n) is 15.4. The number of carbonyl (C=O) groups is 1. The third-order valence-electron chi connectivity index (χ3n) is 5.67. The summed E-state index contributed by atoms with van der Waals surface area (Å²) in [6.45, 7) is 3.79. The molecule has 1 aromatic heterocycles. The predicted molar refractivity (Wildman–Crippen MR) is 97.2 cm³/mol. The van der Waals surface area contributed by atoms with Gasteiger partial charge in [-0.2, -0.15) is 0 Å². The summed E-state index contributed by atoms with van der Waals surface area (Å²) in [5.74, 6) is 1.41. The van der Waals surface area contributed by atoms with Crippen molar-refractivity contribution in [1.29, 1.82) is 0 Å². The smallest absolute Gasteiger partial charge is 0.316 e. The van der Waals surface area contributed by atoms with Gasteiger partial charge in [0.15, 0.2) is 0 Å². The highest BCUT2D eigenvalue weighted by Crippen LogP contribution is 2.33. The summed E-state index contributed by atoms with van der Waals surface area (Å²) in [6.07, 6.45) is 13.9. The van der Waals surface area contributed by atoms with Gasteiger partial charge in [0, 0.05) is 24.9 Å². The molecule has 1 atom stereocenters. The first-order valence-electron chi connectivity index (χ1n) is 9.98. The van der Waals surface area contributed by atoms with Crippen LogP contribution >= 0.6 is 0 Å². The number of rotatable bonds is 6. The summed E-state index contributed by atoms with van der Waals surface area (Å²) < 4.78 is 5.87. The first-order valence-corrected chi connectivity index (χ1v) is 9.98. The van der Waals surface area contributed by atoms with Crippen LogP contribution in [0.3, 0.4) is 0 Å². The Morgan fingerprint density at radius 2 is 1.96 bits per heavy atom. The minimum atomic E-state index is 0.0148. The van der Waals surface area contributed by atoms with Crippen molar-refractivity contribution in [3.63, 3.8) is 0 Å². The Morgan fingerprint density at radius 3 is 2.68 bits per heavy atom. The third kappa shape index (κ3) is 5.16. The fraction of sp³-hybridized carbons (Fsp3) is 0.750. The number of hydrogen-bond acceptors (Lipinski definition) is 4. The SMILES string of the molecule is CCCCC1CCC(C(=O)N2CCCC(Oc3ncccn3)C2)CC1. The Bertz CT molecular complexity index is 529. The predicted octanol–water partition coefficient (Wildman–Crippen LogP) is 3.84. The lowest BCUT2D eigenvalue weighted by atomic mass is 9.79. The number of piperidine rings is 1. The molecular weight excluding hydrogens is 314 g/mol. The van der Waals surface area contributed by atoms with E-state index in [1.165, 1.54) is 32.1 Å². The largest absolute Gasteiger partial charge is 0.458 e. The monoisotopic (exact) mass is 345 g/mol. The summed E-state index contributed by atoms with van der Waals surface area (Å²) in [6, 6.07) is 2.19. The normalized spacial score (nSPS) is 27.1. The van der Waals surface area contributed by atoms with Crippen LogP contribution in [-0.4, -0.2) is 40.0 Å². The number of hydrogen-bond donors (Lipinski definition) is 0. The van der Waals surface area contributed by atoms with E-state index in [-0.39, 0.29) is 12.0 Å².